The molecule has 0 aromatic heterocycles. The van der Waals surface area contributed by atoms with Gasteiger partial charge < -0.3 is 10.1 Å². The predicted molar refractivity (Wildman–Crippen MR) is 96.4 cm³/mol. The summed E-state index contributed by atoms with van der Waals surface area (Å²) in [5.74, 6) is -0.246. The quantitative estimate of drug-likeness (QED) is 0.685. The summed E-state index contributed by atoms with van der Waals surface area (Å²) in [7, 11) is 0. The minimum atomic E-state index is -0.532. The maximum absolute atomic E-state index is 12.7. The summed E-state index contributed by atoms with van der Waals surface area (Å²) in [5.41, 5.74) is 2.17. The largest absolute Gasteiger partial charge is 0.451 e. The third-order valence-electron chi connectivity index (χ3n) is 4.50. The van der Waals surface area contributed by atoms with Crippen molar-refractivity contribution >= 4 is 12.0 Å². The fraction of sp³-hybridized carbons (Fsp3) is 0.286. The van der Waals surface area contributed by atoms with Gasteiger partial charge in [-0.15, -0.1) is 0 Å². The Morgan fingerprint density at radius 1 is 1.00 bits per heavy atom. The zero-order chi connectivity index (χ0) is 16.8. The molecule has 1 aliphatic heterocycles. The number of nitrogens with one attached hydrogen (secondary N) is 1. The Kier molecular flexibility index (Phi) is 5.11. The second-order valence-corrected chi connectivity index (χ2v) is 6.24. The van der Waals surface area contributed by atoms with Crippen molar-refractivity contribution in [2.45, 2.75) is 25.4 Å². The Hall–Kier alpha value is -2.39. The first-order valence-corrected chi connectivity index (χ1v) is 8.43. The van der Waals surface area contributed by atoms with Gasteiger partial charge in [0.2, 0.25) is 0 Å². The first-order chi connectivity index (χ1) is 11.7. The Bertz CT molecular complexity index is 701. The molecule has 0 spiro atoms. The lowest BCUT2D eigenvalue weighted by Gasteiger charge is -2.37. The van der Waals surface area contributed by atoms with E-state index in [0.717, 1.165) is 37.1 Å². The highest BCUT2D eigenvalue weighted by molar-refractivity contribution is 5.93. The van der Waals surface area contributed by atoms with Gasteiger partial charge in [0.1, 0.15) is 5.60 Å². The van der Waals surface area contributed by atoms with E-state index in [0.29, 0.717) is 5.57 Å². The van der Waals surface area contributed by atoms with Gasteiger partial charge in [-0.2, -0.15) is 0 Å². The second-order valence-electron chi connectivity index (χ2n) is 6.24. The molecule has 0 atom stereocenters. The lowest BCUT2D eigenvalue weighted by molar-refractivity contribution is -0.159. The van der Waals surface area contributed by atoms with E-state index in [1.807, 2.05) is 61.5 Å². The number of esters is 1. The summed E-state index contributed by atoms with van der Waals surface area (Å²) >= 11 is 0. The van der Waals surface area contributed by atoms with E-state index in [-0.39, 0.29) is 5.97 Å². The van der Waals surface area contributed by atoms with Crippen LogP contribution in [0, 0.1) is 0 Å². The van der Waals surface area contributed by atoms with Crippen LogP contribution in [0.15, 0.2) is 66.2 Å². The SMILES string of the molecule is C/C(=C\c1ccccc1)C(=O)OC1(c2ccccc2)CCNCC1. The lowest BCUT2D eigenvalue weighted by atomic mass is 9.84. The molecule has 3 nitrogen and oxygen atoms in total. The second kappa shape index (κ2) is 7.45. The van der Waals surface area contributed by atoms with Gasteiger partial charge in [0.05, 0.1) is 0 Å². The zero-order valence-electron chi connectivity index (χ0n) is 14.0. The van der Waals surface area contributed by atoms with Gasteiger partial charge in [-0.1, -0.05) is 60.7 Å². The van der Waals surface area contributed by atoms with Gasteiger partial charge in [-0.3, -0.25) is 0 Å². The van der Waals surface area contributed by atoms with Crippen LogP contribution in [0.4, 0.5) is 0 Å². The molecule has 0 aliphatic carbocycles. The average Bonchev–Trinajstić information content (AvgIpc) is 2.64. The molecule has 3 rings (SSSR count). The van der Waals surface area contributed by atoms with Crippen LogP contribution in [0.2, 0.25) is 0 Å². The number of benzene rings is 2. The molecule has 2 aromatic rings. The van der Waals surface area contributed by atoms with Gasteiger partial charge in [0.25, 0.3) is 0 Å². The van der Waals surface area contributed by atoms with E-state index >= 15 is 0 Å². The first-order valence-electron chi connectivity index (χ1n) is 8.43. The minimum absolute atomic E-state index is 0.246. The molecule has 0 bridgehead atoms. The molecule has 124 valence electrons. The fourth-order valence-electron chi connectivity index (χ4n) is 3.14. The van der Waals surface area contributed by atoms with Crippen molar-refractivity contribution in [2.75, 3.05) is 13.1 Å². The van der Waals surface area contributed by atoms with Crippen LogP contribution in [-0.2, 0) is 15.1 Å². The van der Waals surface area contributed by atoms with Crippen molar-refractivity contribution in [3.63, 3.8) is 0 Å². The highest BCUT2D eigenvalue weighted by Crippen LogP contribution is 2.35. The fourth-order valence-corrected chi connectivity index (χ4v) is 3.14. The summed E-state index contributed by atoms with van der Waals surface area (Å²) in [4.78, 5) is 12.7. The lowest BCUT2D eigenvalue weighted by Crippen LogP contribution is -2.43. The maximum atomic E-state index is 12.7. The summed E-state index contributed by atoms with van der Waals surface area (Å²) in [6.45, 7) is 3.52. The third kappa shape index (κ3) is 3.74. The predicted octanol–water partition coefficient (Wildman–Crippen LogP) is 3.91. The number of carbonyl (C=O) groups is 1. The number of rotatable bonds is 4. The van der Waals surface area contributed by atoms with E-state index in [4.69, 9.17) is 4.74 Å². The van der Waals surface area contributed by atoms with E-state index in [9.17, 15) is 4.79 Å². The molecule has 2 aromatic carbocycles. The summed E-state index contributed by atoms with van der Waals surface area (Å²) in [6.07, 6.45) is 3.46. The van der Waals surface area contributed by atoms with Gasteiger partial charge in [0.15, 0.2) is 0 Å². The zero-order valence-corrected chi connectivity index (χ0v) is 14.0. The van der Waals surface area contributed by atoms with E-state index in [1.165, 1.54) is 0 Å². The molecule has 1 heterocycles. The number of ether oxygens (including phenoxy) is 1. The molecule has 1 aliphatic rings. The van der Waals surface area contributed by atoms with E-state index in [2.05, 4.69) is 17.4 Å². The van der Waals surface area contributed by atoms with Crippen molar-refractivity contribution in [1.29, 1.82) is 0 Å². The molecule has 0 amide bonds. The first kappa shape index (κ1) is 16.5. The highest BCUT2D eigenvalue weighted by Gasteiger charge is 2.37. The van der Waals surface area contributed by atoms with Gasteiger partial charge in [-0.25, -0.2) is 4.79 Å². The summed E-state index contributed by atoms with van der Waals surface area (Å²) in [5, 5.41) is 3.35. The molecule has 0 radical (unpaired) electrons. The summed E-state index contributed by atoms with van der Waals surface area (Å²) in [6, 6.07) is 19.9. The molecule has 1 N–H and O–H groups in total. The Morgan fingerprint density at radius 3 is 2.21 bits per heavy atom. The van der Waals surface area contributed by atoms with Crippen LogP contribution in [0.3, 0.4) is 0 Å². The normalized spacial score (nSPS) is 17.3. The summed E-state index contributed by atoms with van der Waals surface area (Å²) < 4.78 is 6.05. The molecule has 24 heavy (non-hydrogen) atoms. The van der Waals surface area contributed by atoms with E-state index in [1.54, 1.807) is 0 Å². The maximum Gasteiger partial charge on any atom is 0.334 e. The molecule has 1 saturated heterocycles. The van der Waals surface area contributed by atoms with Crippen LogP contribution in [0.25, 0.3) is 6.08 Å². The number of piperidine rings is 1. The smallest absolute Gasteiger partial charge is 0.334 e. The minimum Gasteiger partial charge on any atom is -0.451 e. The molecule has 1 fully saturated rings. The van der Waals surface area contributed by atoms with Crippen LogP contribution in [0.5, 0.6) is 0 Å². The van der Waals surface area contributed by atoms with Crippen LogP contribution in [-0.4, -0.2) is 19.1 Å². The van der Waals surface area contributed by atoms with E-state index < -0.39 is 5.60 Å². The molecule has 0 saturated carbocycles. The van der Waals surface area contributed by atoms with Crippen molar-refractivity contribution in [3.8, 4) is 0 Å². The Morgan fingerprint density at radius 2 is 1.58 bits per heavy atom. The number of hydrogen-bond acceptors (Lipinski definition) is 3. The monoisotopic (exact) mass is 321 g/mol. The number of hydrogen-bond donors (Lipinski definition) is 1. The van der Waals surface area contributed by atoms with Crippen LogP contribution < -0.4 is 5.32 Å². The molecular weight excluding hydrogens is 298 g/mol. The van der Waals surface area contributed by atoms with Crippen LogP contribution in [0.1, 0.15) is 30.9 Å². The van der Waals surface area contributed by atoms with Crippen molar-refractivity contribution in [2.24, 2.45) is 0 Å². The molecule has 0 unspecified atom stereocenters. The van der Waals surface area contributed by atoms with Crippen molar-refractivity contribution in [1.82, 2.24) is 5.32 Å². The molecular formula is C21H23NO2. The standard InChI is InChI=1S/C21H23NO2/c1-17(16-18-8-4-2-5-9-18)20(23)24-21(12-14-22-15-13-21)19-10-6-3-7-11-19/h2-11,16,22H,12-15H2,1H3/b17-16+. The number of carbonyl (C=O) groups excluding carboxylic acids is 1. The van der Waals surface area contributed by atoms with Gasteiger partial charge in [-0.05, 0) is 37.2 Å². The Labute approximate surface area is 143 Å². The average molecular weight is 321 g/mol. The van der Waals surface area contributed by atoms with Gasteiger partial charge >= 0.3 is 5.97 Å². The van der Waals surface area contributed by atoms with Crippen LogP contribution >= 0.6 is 0 Å². The third-order valence-corrected chi connectivity index (χ3v) is 4.50. The van der Waals surface area contributed by atoms with Gasteiger partial charge in [0, 0.05) is 18.4 Å². The highest BCUT2D eigenvalue weighted by atomic mass is 16.6. The topological polar surface area (TPSA) is 38.3 Å². The Balaban J connectivity index is 1.83. The molecule has 3 heteroatoms. The van der Waals surface area contributed by atoms with Crippen molar-refractivity contribution in [3.05, 3.63) is 77.4 Å². The van der Waals surface area contributed by atoms with Crippen molar-refractivity contribution < 1.29 is 9.53 Å².